The van der Waals surface area contributed by atoms with Crippen molar-refractivity contribution in [3.63, 3.8) is 0 Å². The van der Waals surface area contributed by atoms with Crippen molar-refractivity contribution in [2.24, 2.45) is 0 Å². The molecule has 0 fully saturated rings. The number of hydrogen-bond acceptors (Lipinski definition) is 1. The number of carbonyl (C=O) groups excluding carboxylic acids is 1. The molecule has 0 aliphatic carbocycles. The van der Waals surface area contributed by atoms with Gasteiger partial charge in [0, 0.05) is 22.7 Å². The van der Waals surface area contributed by atoms with E-state index in [0.717, 1.165) is 22.8 Å². The van der Waals surface area contributed by atoms with E-state index < -0.39 is 0 Å². The lowest BCUT2D eigenvalue weighted by Crippen LogP contribution is -1.92. The Labute approximate surface area is 88.5 Å². The van der Waals surface area contributed by atoms with Gasteiger partial charge in [0.2, 0.25) is 0 Å². The Bertz CT molecular complexity index is 555. The zero-order valence-corrected chi connectivity index (χ0v) is 8.53. The molecule has 0 radical (unpaired) electrons. The van der Waals surface area contributed by atoms with Gasteiger partial charge in [-0.3, -0.25) is 4.79 Å². The number of carbonyl (C=O) groups is 1. The van der Waals surface area contributed by atoms with Crippen LogP contribution in [0, 0.1) is 11.8 Å². The number of rotatable bonds is 2. The standard InChI is InChI=1S/C13H11NO/c1-2-3-8-14-9-11(10-15)12-6-4-5-7-13(12)14/h4-7,9-10H,8H2,1H3. The number of aldehydes is 1. The van der Waals surface area contributed by atoms with E-state index in [1.807, 2.05) is 42.0 Å². The van der Waals surface area contributed by atoms with Gasteiger partial charge in [-0.05, 0) is 13.0 Å². The highest BCUT2D eigenvalue weighted by Gasteiger charge is 2.05. The maximum Gasteiger partial charge on any atom is 0.152 e. The second-order valence-electron chi connectivity index (χ2n) is 3.27. The number of para-hydroxylation sites is 1. The number of hydrogen-bond donors (Lipinski definition) is 0. The average molecular weight is 197 g/mol. The van der Waals surface area contributed by atoms with E-state index in [4.69, 9.17) is 0 Å². The lowest BCUT2D eigenvalue weighted by atomic mass is 10.2. The normalized spacial score (nSPS) is 9.67. The van der Waals surface area contributed by atoms with Gasteiger partial charge in [0.25, 0.3) is 0 Å². The van der Waals surface area contributed by atoms with Crippen molar-refractivity contribution in [2.45, 2.75) is 13.5 Å². The lowest BCUT2D eigenvalue weighted by Gasteiger charge is -1.97. The molecule has 0 N–H and O–H groups in total. The number of benzene rings is 1. The highest BCUT2D eigenvalue weighted by molar-refractivity contribution is 5.97. The Hall–Kier alpha value is -2.01. The summed E-state index contributed by atoms with van der Waals surface area (Å²) in [5.41, 5.74) is 1.78. The molecule has 0 aliphatic rings. The van der Waals surface area contributed by atoms with Crippen LogP contribution in [0.3, 0.4) is 0 Å². The Morgan fingerprint density at radius 2 is 2.20 bits per heavy atom. The first-order valence-electron chi connectivity index (χ1n) is 4.79. The molecule has 2 rings (SSSR count). The van der Waals surface area contributed by atoms with E-state index in [1.165, 1.54) is 0 Å². The third-order valence-corrected chi connectivity index (χ3v) is 2.37. The smallest absolute Gasteiger partial charge is 0.152 e. The van der Waals surface area contributed by atoms with E-state index in [0.29, 0.717) is 6.54 Å². The van der Waals surface area contributed by atoms with Crippen LogP contribution in [-0.2, 0) is 6.54 Å². The Balaban J connectivity index is 2.62. The number of nitrogens with zero attached hydrogens (tertiary/aromatic N) is 1. The fourth-order valence-corrected chi connectivity index (χ4v) is 1.66. The summed E-state index contributed by atoms with van der Waals surface area (Å²) in [5.74, 6) is 5.84. The minimum Gasteiger partial charge on any atom is -0.335 e. The molecule has 1 heterocycles. The van der Waals surface area contributed by atoms with Crippen LogP contribution in [0.4, 0.5) is 0 Å². The highest BCUT2D eigenvalue weighted by atomic mass is 16.1. The summed E-state index contributed by atoms with van der Waals surface area (Å²) in [5, 5.41) is 0.991. The second kappa shape index (κ2) is 4.02. The van der Waals surface area contributed by atoms with Gasteiger partial charge in [-0.2, -0.15) is 0 Å². The molecule has 0 aliphatic heterocycles. The third kappa shape index (κ3) is 1.64. The van der Waals surface area contributed by atoms with Crippen LogP contribution >= 0.6 is 0 Å². The van der Waals surface area contributed by atoms with Gasteiger partial charge in [0.05, 0.1) is 6.54 Å². The van der Waals surface area contributed by atoms with Crippen LogP contribution in [0.2, 0.25) is 0 Å². The van der Waals surface area contributed by atoms with Gasteiger partial charge >= 0.3 is 0 Å². The topological polar surface area (TPSA) is 22.0 Å². The minimum atomic E-state index is 0.630. The first-order chi connectivity index (χ1) is 7.36. The predicted octanol–water partition coefficient (Wildman–Crippen LogP) is 2.48. The molecular weight excluding hydrogens is 186 g/mol. The van der Waals surface area contributed by atoms with E-state index in [-0.39, 0.29) is 0 Å². The Kier molecular flexibility index (Phi) is 2.55. The molecule has 0 unspecified atom stereocenters. The van der Waals surface area contributed by atoms with Crippen molar-refractivity contribution in [2.75, 3.05) is 0 Å². The summed E-state index contributed by atoms with van der Waals surface area (Å²) in [6.45, 7) is 2.44. The van der Waals surface area contributed by atoms with Gasteiger partial charge in [0.15, 0.2) is 6.29 Å². The quantitative estimate of drug-likeness (QED) is 0.535. The van der Waals surface area contributed by atoms with Gasteiger partial charge in [0.1, 0.15) is 0 Å². The fraction of sp³-hybridized carbons (Fsp3) is 0.154. The molecular formula is C13H11NO. The van der Waals surface area contributed by atoms with Gasteiger partial charge in [-0.25, -0.2) is 0 Å². The molecule has 2 nitrogen and oxygen atoms in total. The van der Waals surface area contributed by atoms with Crippen LogP contribution in [0.5, 0.6) is 0 Å². The first kappa shape index (κ1) is 9.54. The largest absolute Gasteiger partial charge is 0.335 e. The molecule has 0 amide bonds. The summed E-state index contributed by atoms with van der Waals surface area (Å²) in [7, 11) is 0. The predicted molar refractivity (Wildman–Crippen MR) is 60.8 cm³/mol. The zero-order valence-electron chi connectivity index (χ0n) is 8.53. The fourth-order valence-electron chi connectivity index (χ4n) is 1.66. The lowest BCUT2D eigenvalue weighted by molar-refractivity contribution is 0.112. The first-order valence-corrected chi connectivity index (χ1v) is 4.79. The summed E-state index contributed by atoms with van der Waals surface area (Å²) in [6.07, 6.45) is 2.74. The maximum absolute atomic E-state index is 10.9. The van der Waals surface area contributed by atoms with Crippen LogP contribution in [-0.4, -0.2) is 10.9 Å². The van der Waals surface area contributed by atoms with Crippen molar-refractivity contribution < 1.29 is 4.79 Å². The molecule has 1 aromatic carbocycles. The van der Waals surface area contributed by atoms with Crippen LogP contribution in [0.25, 0.3) is 10.9 Å². The van der Waals surface area contributed by atoms with E-state index >= 15 is 0 Å². The molecule has 0 saturated carbocycles. The number of aromatic nitrogens is 1. The van der Waals surface area contributed by atoms with Crippen molar-refractivity contribution in [1.29, 1.82) is 0 Å². The Morgan fingerprint density at radius 1 is 1.40 bits per heavy atom. The van der Waals surface area contributed by atoms with Crippen molar-refractivity contribution in [1.82, 2.24) is 4.57 Å². The Morgan fingerprint density at radius 3 is 2.93 bits per heavy atom. The maximum atomic E-state index is 10.9. The van der Waals surface area contributed by atoms with Crippen molar-refractivity contribution in [3.8, 4) is 11.8 Å². The molecule has 0 saturated heterocycles. The monoisotopic (exact) mass is 197 g/mol. The van der Waals surface area contributed by atoms with E-state index in [2.05, 4.69) is 11.8 Å². The molecule has 74 valence electrons. The SMILES string of the molecule is CC#CCn1cc(C=O)c2ccccc21. The summed E-state index contributed by atoms with van der Waals surface area (Å²) in [6, 6.07) is 7.85. The molecule has 0 atom stereocenters. The van der Waals surface area contributed by atoms with Crippen molar-refractivity contribution in [3.05, 3.63) is 36.0 Å². The molecule has 2 aromatic rings. The number of fused-ring (bicyclic) bond motifs is 1. The average Bonchev–Trinajstić information content (AvgIpc) is 2.65. The summed E-state index contributed by atoms with van der Waals surface area (Å²) >= 11 is 0. The van der Waals surface area contributed by atoms with Crippen molar-refractivity contribution >= 4 is 17.2 Å². The highest BCUT2D eigenvalue weighted by Crippen LogP contribution is 2.19. The van der Waals surface area contributed by atoms with Gasteiger partial charge in [-0.15, -0.1) is 5.92 Å². The van der Waals surface area contributed by atoms with E-state index in [1.54, 1.807) is 0 Å². The second-order valence-corrected chi connectivity index (χ2v) is 3.27. The molecule has 15 heavy (non-hydrogen) atoms. The van der Waals surface area contributed by atoms with Gasteiger partial charge in [-0.1, -0.05) is 24.1 Å². The third-order valence-electron chi connectivity index (χ3n) is 2.37. The zero-order chi connectivity index (χ0) is 10.7. The van der Waals surface area contributed by atoms with E-state index in [9.17, 15) is 4.79 Å². The molecule has 0 spiro atoms. The van der Waals surface area contributed by atoms with Crippen LogP contribution < -0.4 is 0 Å². The van der Waals surface area contributed by atoms with Crippen LogP contribution in [0.15, 0.2) is 30.5 Å². The van der Waals surface area contributed by atoms with Gasteiger partial charge < -0.3 is 4.57 Å². The molecule has 0 bridgehead atoms. The summed E-state index contributed by atoms with van der Waals surface area (Å²) in [4.78, 5) is 10.9. The molecule has 2 heteroatoms. The summed E-state index contributed by atoms with van der Waals surface area (Å²) < 4.78 is 2.00. The molecule has 1 aromatic heterocycles. The van der Waals surface area contributed by atoms with Crippen LogP contribution in [0.1, 0.15) is 17.3 Å². The minimum absolute atomic E-state index is 0.630.